The topological polar surface area (TPSA) is 49.4 Å². The summed E-state index contributed by atoms with van der Waals surface area (Å²) in [6, 6.07) is 9.52. The molecule has 0 aliphatic heterocycles. The Morgan fingerprint density at radius 3 is 2.50 bits per heavy atom. The molecule has 0 spiro atoms. The van der Waals surface area contributed by atoms with E-state index in [-0.39, 0.29) is 6.10 Å². The van der Waals surface area contributed by atoms with Gasteiger partial charge in [0.1, 0.15) is 0 Å². The molecular weight excluding hydrogens is 204 g/mol. The van der Waals surface area contributed by atoms with Crippen LogP contribution >= 0.6 is 0 Å². The van der Waals surface area contributed by atoms with Crippen LogP contribution in [0.25, 0.3) is 0 Å². The van der Waals surface area contributed by atoms with Crippen LogP contribution in [0.3, 0.4) is 0 Å². The third-order valence-electron chi connectivity index (χ3n) is 2.60. The van der Waals surface area contributed by atoms with E-state index in [2.05, 4.69) is 0 Å². The lowest BCUT2D eigenvalue weighted by atomic mass is 9.95. The van der Waals surface area contributed by atoms with Gasteiger partial charge in [-0.15, -0.1) is 0 Å². The fourth-order valence-electron chi connectivity index (χ4n) is 1.69. The predicted octanol–water partition coefficient (Wildman–Crippen LogP) is 1.02. The summed E-state index contributed by atoms with van der Waals surface area (Å²) in [7, 11) is 0. The molecule has 1 rings (SSSR count). The van der Waals surface area contributed by atoms with E-state index in [9.17, 15) is 9.90 Å². The van der Waals surface area contributed by atoms with Crippen molar-refractivity contribution in [1.82, 2.24) is 0 Å². The molecule has 0 saturated heterocycles. The lowest BCUT2D eigenvalue weighted by molar-refractivity contribution is -0.314. The van der Waals surface area contributed by atoms with E-state index in [4.69, 9.17) is 4.74 Å². The van der Waals surface area contributed by atoms with Crippen molar-refractivity contribution in [1.29, 1.82) is 0 Å². The largest absolute Gasteiger partial charge is 0.550 e. The van der Waals surface area contributed by atoms with Crippen molar-refractivity contribution in [3.8, 4) is 0 Å². The number of ether oxygens (including phenoxy) is 1. The Morgan fingerprint density at radius 1 is 1.38 bits per heavy atom. The van der Waals surface area contributed by atoms with Crippen LogP contribution in [0.4, 0.5) is 0 Å². The monoisotopic (exact) mass is 221 g/mol. The SMILES string of the molecule is CCOC(C)C(Cc1ccccc1)C(=O)[O-]. The van der Waals surface area contributed by atoms with Gasteiger partial charge < -0.3 is 14.6 Å². The van der Waals surface area contributed by atoms with Crippen LogP contribution < -0.4 is 5.11 Å². The zero-order valence-corrected chi connectivity index (χ0v) is 9.68. The average Bonchev–Trinajstić information content (AvgIpc) is 2.27. The third-order valence-corrected chi connectivity index (χ3v) is 2.60. The van der Waals surface area contributed by atoms with Crippen molar-refractivity contribution in [2.45, 2.75) is 26.4 Å². The number of carbonyl (C=O) groups is 1. The fraction of sp³-hybridized carbons (Fsp3) is 0.462. The molecule has 88 valence electrons. The summed E-state index contributed by atoms with van der Waals surface area (Å²) in [6.07, 6.45) is 0.125. The van der Waals surface area contributed by atoms with Gasteiger partial charge in [-0.1, -0.05) is 30.3 Å². The van der Waals surface area contributed by atoms with Crippen LogP contribution in [0.5, 0.6) is 0 Å². The standard InChI is InChI=1S/C13H18O3/c1-3-16-10(2)12(13(14)15)9-11-7-5-4-6-8-11/h4-8,10,12H,3,9H2,1-2H3,(H,14,15)/p-1. The first kappa shape index (κ1) is 12.7. The van der Waals surface area contributed by atoms with Crippen LogP contribution in [0.1, 0.15) is 19.4 Å². The minimum Gasteiger partial charge on any atom is -0.550 e. The molecule has 3 nitrogen and oxygen atoms in total. The Bertz CT molecular complexity index is 321. The number of hydrogen-bond acceptors (Lipinski definition) is 3. The van der Waals surface area contributed by atoms with E-state index in [1.54, 1.807) is 6.92 Å². The maximum atomic E-state index is 11.0. The normalized spacial score (nSPS) is 14.4. The second-order valence-corrected chi connectivity index (χ2v) is 3.78. The number of carboxylic acids is 1. The molecule has 0 aromatic heterocycles. The highest BCUT2D eigenvalue weighted by Crippen LogP contribution is 2.14. The van der Waals surface area contributed by atoms with E-state index in [1.807, 2.05) is 37.3 Å². The molecule has 0 N–H and O–H groups in total. The minimum atomic E-state index is -1.05. The quantitative estimate of drug-likeness (QED) is 0.720. The maximum Gasteiger partial charge on any atom is 0.0630 e. The first-order chi connectivity index (χ1) is 7.65. The van der Waals surface area contributed by atoms with Crippen LogP contribution in [-0.2, 0) is 16.0 Å². The highest BCUT2D eigenvalue weighted by atomic mass is 16.5. The zero-order valence-electron chi connectivity index (χ0n) is 9.68. The Labute approximate surface area is 96.1 Å². The summed E-state index contributed by atoms with van der Waals surface area (Å²) in [6.45, 7) is 4.14. The molecule has 0 fully saturated rings. The predicted molar refractivity (Wildman–Crippen MR) is 59.7 cm³/mol. The van der Waals surface area contributed by atoms with Gasteiger partial charge in [0.05, 0.1) is 6.10 Å². The summed E-state index contributed by atoms with van der Waals surface area (Å²) < 4.78 is 5.32. The summed E-state index contributed by atoms with van der Waals surface area (Å²) >= 11 is 0. The molecule has 0 heterocycles. The van der Waals surface area contributed by atoms with Gasteiger partial charge >= 0.3 is 0 Å². The van der Waals surface area contributed by atoms with E-state index >= 15 is 0 Å². The molecule has 3 heteroatoms. The molecule has 0 amide bonds. The maximum absolute atomic E-state index is 11.0. The molecular formula is C13H17O3-. The number of carboxylic acid groups (broad SMARTS) is 1. The van der Waals surface area contributed by atoms with Crippen LogP contribution in [0.15, 0.2) is 30.3 Å². The molecule has 16 heavy (non-hydrogen) atoms. The molecule has 1 aromatic carbocycles. The van der Waals surface area contributed by atoms with Crippen LogP contribution in [0.2, 0.25) is 0 Å². The van der Waals surface area contributed by atoms with Crippen molar-refractivity contribution in [2.24, 2.45) is 5.92 Å². The number of aliphatic carboxylic acids is 1. The summed E-state index contributed by atoms with van der Waals surface area (Å²) in [4.78, 5) is 11.0. The van der Waals surface area contributed by atoms with Crippen molar-refractivity contribution in [3.63, 3.8) is 0 Å². The zero-order chi connectivity index (χ0) is 12.0. The smallest absolute Gasteiger partial charge is 0.0630 e. The number of benzene rings is 1. The van der Waals surface area contributed by atoms with Gasteiger partial charge in [0, 0.05) is 18.5 Å². The van der Waals surface area contributed by atoms with Crippen LogP contribution in [-0.4, -0.2) is 18.7 Å². The number of rotatable bonds is 6. The summed E-state index contributed by atoms with van der Waals surface area (Å²) in [5.41, 5.74) is 0.989. The van der Waals surface area contributed by atoms with Gasteiger partial charge in [-0.2, -0.15) is 0 Å². The van der Waals surface area contributed by atoms with Crippen LogP contribution in [0, 0.1) is 5.92 Å². The minimum absolute atomic E-state index is 0.324. The number of hydrogen-bond donors (Lipinski definition) is 0. The van der Waals surface area contributed by atoms with E-state index in [1.165, 1.54) is 0 Å². The highest BCUT2D eigenvalue weighted by molar-refractivity contribution is 5.68. The van der Waals surface area contributed by atoms with Crippen molar-refractivity contribution in [3.05, 3.63) is 35.9 Å². The third kappa shape index (κ3) is 3.66. The first-order valence-corrected chi connectivity index (χ1v) is 5.51. The Morgan fingerprint density at radius 2 is 2.00 bits per heavy atom. The number of carbonyl (C=O) groups excluding carboxylic acids is 1. The van der Waals surface area contributed by atoms with Gasteiger partial charge in [-0.25, -0.2) is 0 Å². The molecule has 0 aliphatic carbocycles. The molecule has 2 unspecified atom stereocenters. The van der Waals surface area contributed by atoms with Gasteiger partial charge in [0.15, 0.2) is 0 Å². The fourth-order valence-corrected chi connectivity index (χ4v) is 1.69. The summed E-state index contributed by atoms with van der Waals surface area (Å²) in [5.74, 6) is -1.65. The second-order valence-electron chi connectivity index (χ2n) is 3.78. The molecule has 0 aliphatic rings. The van der Waals surface area contributed by atoms with Gasteiger partial charge in [-0.05, 0) is 25.8 Å². The lowest BCUT2D eigenvalue weighted by Crippen LogP contribution is -2.40. The van der Waals surface area contributed by atoms with Crippen molar-refractivity contribution < 1.29 is 14.6 Å². The Kier molecular flexibility index (Phi) is 4.99. The molecule has 0 radical (unpaired) electrons. The Hall–Kier alpha value is -1.35. The average molecular weight is 221 g/mol. The van der Waals surface area contributed by atoms with E-state index in [0.29, 0.717) is 13.0 Å². The molecule has 1 aromatic rings. The first-order valence-electron chi connectivity index (χ1n) is 5.51. The summed E-state index contributed by atoms with van der Waals surface area (Å²) in [5, 5.41) is 11.0. The molecule has 0 bridgehead atoms. The lowest BCUT2D eigenvalue weighted by Gasteiger charge is -2.24. The van der Waals surface area contributed by atoms with Gasteiger partial charge in [0.25, 0.3) is 0 Å². The highest BCUT2D eigenvalue weighted by Gasteiger charge is 2.19. The molecule has 0 saturated carbocycles. The second kappa shape index (κ2) is 6.28. The Balaban J connectivity index is 2.69. The van der Waals surface area contributed by atoms with Crippen molar-refractivity contribution in [2.75, 3.05) is 6.61 Å². The van der Waals surface area contributed by atoms with Crippen molar-refractivity contribution >= 4 is 5.97 Å². The molecule has 2 atom stereocenters. The van der Waals surface area contributed by atoms with Gasteiger partial charge in [0.2, 0.25) is 0 Å². The van der Waals surface area contributed by atoms with E-state index in [0.717, 1.165) is 5.56 Å². The van der Waals surface area contributed by atoms with E-state index < -0.39 is 11.9 Å². The van der Waals surface area contributed by atoms with Gasteiger partial charge in [-0.3, -0.25) is 0 Å².